The number of carbonyl (C=O) groups excluding carboxylic acids is 2. The third kappa shape index (κ3) is 5.36. The molecule has 1 amide bonds. The highest BCUT2D eigenvalue weighted by Gasteiger charge is 2.28. The average molecular weight is 372 g/mol. The highest BCUT2D eigenvalue weighted by Crippen LogP contribution is 2.19. The van der Waals surface area contributed by atoms with Crippen molar-refractivity contribution in [1.82, 2.24) is 4.90 Å². The largest absolute Gasteiger partial charge is 0.467 e. The SMILES string of the molecule is CC(C)N(C(=O)[C@H](C)OC(=O)c1ccccc1NCc1ccco1)C(C)C. The average Bonchev–Trinajstić information content (AvgIpc) is 3.13. The van der Waals surface area contributed by atoms with Gasteiger partial charge in [-0.25, -0.2) is 4.79 Å². The molecule has 0 bridgehead atoms. The summed E-state index contributed by atoms with van der Waals surface area (Å²) in [5.41, 5.74) is 1.01. The van der Waals surface area contributed by atoms with E-state index < -0.39 is 12.1 Å². The second kappa shape index (κ2) is 9.26. The van der Waals surface area contributed by atoms with Crippen LogP contribution in [-0.4, -0.2) is 35.0 Å². The van der Waals surface area contributed by atoms with Gasteiger partial charge in [0.15, 0.2) is 6.10 Å². The van der Waals surface area contributed by atoms with Gasteiger partial charge in [0.1, 0.15) is 5.76 Å². The number of hydrogen-bond donors (Lipinski definition) is 1. The molecule has 27 heavy (non-hydrogen) atoms. The van der Waals surface area contributed by atoms with Crippen molar-refractivity contribution in [1.29, 1.82) is 0 Å². The highest BCUT2D eigenvalue weighted by atomic mass is 16.5. The van der Waals surface area contributed by atoms with E-state index in [4.69, 9.17) is 9.15 Å². The molecule has 1 heterocycles. The Hall–Kier alpha value is -2.76. The summed E-state index contributed by atoms with van der Waals surface area (Å²) in [5.74, 6) is 0.0199. The number of nitrogens with zero attached hydrogens (tertiary/aromatic N) is 1. The summed E-state index contributed by atoms with van der Waals surface area (Å²) in [6.07, 6.45) is 0.736. The maximum atomic E-state index is 12.7. The molecular formula is C21H28N2O4. The smallest absolute Gasteiger partial charge is 0.341 e. The standard InChI is InChI=1S/C21H28N2O4/c1-14(2)23(15(3)4)20(24)16(5)27-21(25)18-10-6-7-11-19(18)22-13-17-9-8-12-26-17/h6-12,14-16,22H,13H2,1-5H3/t16-/m0/s1. The van der Waals surface area contributed by atoms with Crippen molar-refractivity contribution >= 4 is 17.6 Å². The molecule has 2 rings (SSSR count). The first-order valence-corrected chi connectivity index (χ1v) is 9.19. The summed E-state index contributed by atoms with van der Waals surface area (Å²) < 4.78 is 10.8. The van der Waals surface area contributed by atoms with Gasteiger partial charge in [0.05, 0.1) is 18.4 Å². The molecule has 1 aromatic heterocycles. The highest BCUT2D eigenvalue weighted by molar-refractivity contribution is 5.97. The molecule has 0 spiro atoms. The number of rotatable bonds is 8. The van der Waals surface area contributed by atoms with Gasteiger partial charge < -0.3 is 19.4 Å². The zero-order valence-corrected chi connectivity index (χ0v) is 16.6. The molecule has 0 radical (unpaired) electrons. The van der Waals surface area contributed by atoms with E-state index in [1.165, 1.54) is 0 Å². The number of esters is 1. The number of furan rings is 1. The lowest BCUT2D eigenvalue weighted by atomic mass is 10.1. The van der Waals surface area contributed by atoms with Crippen LogP contribution in [0.15, 0.2) is 47.1 Å². The minimum atomic E-state index is -0.861. The predicted molar refractivity (Wildman–Crippen MR) is 104 cm³/mol. The number of hydrogen-bond acceptors (Lipinski definition) is 5. The lowest BCUT2D eigenvalue weighted by Gasteiger charge is -2.32. The maximum Gasteiger partial charge on any atom is 0.341 e. The molecule has 0 unspecified atom stereocenters. The minimum Gasteiger partial charge on any atom is -0.467 e. The van der Waals surface area contributed by atoms with Crippen LogP contribution in [0.3, 0.4) is 0 Å². The van der Waals surface area contributed by atoms with Crippen molar-refractivity contribution in [3.8, 4) is 0 Å². The van der Waals surface area contributed by atoms with Crippen molar-refractivity contribution in [3.05, 3.63) is 54.0 Å². The van der Waals surface area contributed by atoms with Gasteiger partial charge in [-0.05, 0) is 58.9 Å². The summed E-state index contributed by atoms with van der Waals surface area (Å²) in [5, 5.41) is 3.17. The van der Waals surface area contributed by atoms with Crippen molar-refractivity contribution in [2.24, 2.45) is 0 Å². The number of nitrogens with one attached hydrogen (secondary N) is 1. The van der Waals surface area contributed by atoms with Gasteiger partial charge in [0, 0.05) is 17.8 Å². The molecule has 0 fully saturated rings. The summed E-state index contributed by atoms with van der Waals surface area (Å²) in [4.78, 5) is 27.0. The number of carbonyl (C=O) groups is 2. The van der Waals surface area contributed by atoms with Crippen molar-refractivity contribution in [2.75, 3.05) is 5.32 Å². The number of ether oxygens (including phenoxy) is 1. The first kappa shape index (κ1) is 20.6. The summed E-state index contributed by atoms with van der Waals surface area (Å²) in [6.45, 7) is 9.83. The quantitative estimate of drug-likeness (QED) is 0.707. The fraction of sp³-hybridized carbons (Fsp3) is 0.429. The molecule has 0 aliphatic rings. The molecule has 1 aromatic carbocycles. The fourth-order valence-electron chi connectivity index (χ4n) is 3.00. The third-order valence-electron chi connectivity index (χ3n) is 4.18. The van der Waals surface area contributed by atoms with Crippen molar-refractivity contribution < 1.29 is 18.7 Å². The van der Waals surface area contributed by atoms with Gasteiger partial charge in [-0.1, -0.05) is 12.1 Å². The van der Waals surface area contributed by atoms with E-state index in [1.54, 1.807) is 42.4 Å². The van der Waals surface area contributed by atoms with Gasteiger partial charge in [-0.3, -0.25) is 4.79 Å². The Labute approximate surface area is 160 Å². The van der Waals surface area contributed by atoms with Crippen LogP contribution in [0.25, 0.3) is 0 Å². The lowest BCUT2D eigenvalue weighted by molar-refractivity contribution is -0.143. The van der Waals surface area contributed by atoms with E-state index in [-0.39, 0.29) is 18.0 Å². The van der Waals surface area contributed by atoms with E-state index in [1.807, 2.05) is 39.8 Å². The maximum absolute atomic E-state index is 12.7. The van der Waals surface area contributed by atoms with Crippen LogP contribution in [0.4, 0.5) is 5.69 Å². The number of benzene rings is 1. The topological polar surface area (TPSA) is 71.8 Å². The Morgan fingerprint density at radius 1 is 1.04 bits per heavy atom. The van der Waals surface area contributed by atoms with Crippen LogP contribution >= 0.6 is 0 Å². The summed E-state index contributed by atoms with van der Waals surface area (Å²) in [6, 6.07) is 10.8. The minimum absolute atomic E-state index is 0.0286. The molecular weight excluding hydrogens is 344 g/mol. The number of amides is 1. The Morgan fingerprint density at radius 2 is 1.70 bits per heavy atom. The van der Waals surface area contributed by atoms with Crippen LogP contribution < -0.4 is 5.32 Å². The number of anilines is 1. The van der Waals surface area contributed by atoms with Gasteiger partial charge in [0.2, 0.25) is 0 Å². The van der Waals surface area contributed by atoms with Crippen molar-refractivity contribution in [3.63, 3.8) is 0 Å². The van der Waals surface area contributed by atoms with Gasteiger partial charge >= 0.3 is 5.97 Å². The molecule has 146 valence electrons. The molecule has 2 aromatic rings. The number of para-hydroxylation sites is 1. The van der Waals surface area contributed by atoms with E-state index >= 15 is 0 Å². The van der Waals surface area contributed by atoms with Crippen LogP contribution in [0.2, 0.25) is 0 Å². The molecule has 0 saturated heterocycles. The lowest BCUT2D eigenvalue weighted by Crippen LogP contribution is -2.47. The van der Waals surface area contributed by atoms with Crippen LogP contribution in [0, 0.1) is 0 Å². The summed E-state index contributed by atoms with van der Waals surface area (Å²) >= 11 is 0. The molecule has 1 N–H and O–H groups in total. The fourth-order valence-corrected chi connectivity index (χ4v) is 3.00. The normalized spacial score (nSPS) is 12.1. The predicted octanol–water partition coefficient (Wildman–Crippen LogP) is 4.08. The van der Waals surface area contributed by atoms with E-state index in [9.17, 15) is 9.59 Å². The monoisotopic (exact) mass is 372 g/mol. The summed E-state index contributed by atoms with van der Waals surface area (Å²) in [7, 11) is 0. The zero-order chi connectivity index (χ0) is 20.0. The van der Waals surface area contributed by atoms with E-state index in [0.29, 0.717) is 17.8 Å². The molecule has 0 aliphatic carbocycles. The van der Waals surface area contributed by atoms with Gasteiger partial charge in [-0.15, -0.1) is 0 Å². The zero-order valence-electron chi connectivity index (χ0n) is 16.6. The molecule has 1 atom stereocenters. The third-order valence-corrected chi connectivity index (χ3v) is 4.18. The Kier molecular flexibility index (Phi) is 7.05. The second-order valence-electron chi connectivity index (χ2n) is 6.96. The Morgan fingerprint density at radius 3 is 2.30 bits per heavy atom. The molecule has 6 nitrogen and oxygen atoms in total. The van der Waals surface area contributed by atoms with E-state index in [2.05, 4.69) is 5.32 Å². The van der Waals surface area contributed by atoms with Crippen molar-refractivity contribution in [2.45, 2.75) is 59.4 Å². The molecule has 6 heteroatoms. The Balaban J connectivity index is 2.07. The molecule has 0 saturated carbocycles. The van der Waals surface area contributed by atoms with E-state index in [0.717, 1.165) is 5.76 Å². The van der Waals surface area contributed by atoms with Gasteiger partial charge in [0.25, 0.3) is 5.91 Å². The van der Waals surface area contributed by atoms with Crippen LogP contribution in [0.5, 0.6) is 0 Å². The first-order chi connectivity index (χ1) is 12.8. The first-order valence-electron chi connectivity index (χ1n) is 9.19. The Bertz CT molecular complexity index is 745. The van der Waals surface area contributed by atoms with Gasteiger partial charge in [-0.2, -0.15) is 0 Å². The van der Waals surface area contributed by atoms with Crippen LogP contribution in [-0.2, 0) is 16.1 Å². The second-order valence-corrected chi connectivity index (χ2v) is 6.96. The molecule has 0 aliphatic heterocycles. The van der Waals surface area contributed by atoms with Crippen LogP contribution in [0.1, 0.15) is 50.7 Å².